The molecule has 0 aromatic heterocycles. The van der Waals surface area contributed by atoms with Crippen molar-refractivity contribution in [1.29, 1.82) is 0 Å². The van der Waals surface area contributed by atoms with Gasteiger partial charge in [-0.25, -0.2) is 0 Å². The van der Waals surface area contributed by atoms with Crippen molar-refractivity contribution in [1.82, 2.24) is 5.32 Å². The van der Waals surface area contributed by atoms with Gasteiger partial charge in [-0.3, -0.25) is 0 Å². The minimum atomic E-state index is 0.536. The first-order chi connectivity index (χ1) is 7.58. The lowest BCUT2D eigenvalue weighted by atomic mass is 10.1. The second kappa shape index (κ2) is 4.76. The normalized spacial score (nSPS) is 20.8. The number of nitrogens with one attached hydrogen (secondary N) is 1. The second-order valence-electron chi connectivity index (χ2n) is 4.80. The van der Waals surface area contributed by atoms with Crippen molar-refractivity contribution in [2.75, 3.05) is 11.4 Å². The molecule has 2 rings (SSSR count). The van der Waals surface area contributed by atoms with E-state index in [1.165, 1.54) is 11.3 Å². The highest BCUT2D eigenvalue weighted by Gasteiger charge is 2.20. The summed E-state index contributed by atoms with van der Waals surface area (Å²) in [7, 11) is 0. The minimum Gasteiger partial charge on any atom is -0.367 e. The summed E-state index contributed by atoms with van der Waals surface area (Å²) < 4.78 is 1.16. The summed E-state index contributed by atoms with van der Waals surface area (Å²) in [5.74, 6) is 0. The van der Waals surface area contributed by atoms with Crippen LogP contribution >= 0.6 is 15.9 Å². The molecule has 3 heteroatoms. The van der Waals surface area contributed by atoms with Gasteiger partial charge in [0.25, 0.3) is 0 Å². The molecule has 0 spiro atoms. The van der Waals surface area contributed by atoms with Crippen LogP contribution in [0.25, 0.3) is 0 Å². The quantitative estimate of drug-likeness (QED) is 0.851. The molecule has 0 saturated heterocycles. The molecule has 1 atom stereocenters. The zero-order valence-corrected chi connectivity index (χ0v) is 11.7. The Morgan fingerprint density at radius 2 is 2.19 bits per heavy atom. The predicted octanol–water partition coefficient (Wildman–Crippen LogP) is 3.16. The molecule has 88 valence electrons. The fourth-order valence-electron chi connectivity index (χ4n) is 2.21. The molecular formula is C13H19BrN2. The van der Waals surface area contributed by atoms with E-state index in [4.69, 9.17) is 0 Å². The fraction of sp³-hybridized carbons (Fsp3) is 0.538. The lowest BCUT2D eigenvalue weighted by Crippen LogP contribution is -2.39. The highest BCUT2D eigenvalue weighted by molar-refractivity contribution is 9.10. The van der Waals surface area contributed by atoms with E-state index >= 15 is 0 Å². The van der Waals surface area contributed by atoms with E-state index in [1.54, 1.807) is 0 Å². The number of hydrogen-bond acceptors (Lipinski definition) is 2. The average Bonchev–Trinajstić information content (AvgIpc) is 2.38. The van der Waals surface area contributed by atoms with Gasteiger partial charge in [-0.2, -0.15) is 0 Å². The molecule has 1 aromatic carbocycles. The van der Waals surface area contributed by atoms with Gasteiger partial charge >= 0.3 is 0 Å². The molecule has 16 heavy (non-hydrogen) atoms. The Kier molecular flexibility index (Phi) is 3.55. The van der Waals surface area contributed by atoms with E-state index in [9.17, 15) is 0 Å². The van der Waals surface area contributed by atoms with Crippen LogP contribution in [0, 0.1) is 0 Å². The maximum Gasteiger partial charge on any atom is 0.0415 e. The van der Waals surface area contributed by atoms with Gasteiger partial charge in [0.05, 0.1) is 0 Å². The van der Waals surface area contributed by atoms with E-state index < -0.39 is 0 Å². The van der Waals surface area contributed by atoms with Crippen LogP contribution in [-0.4, -0.2) is 18.6 Å². The van der Waals surface area contributed by atoms with Crippen molar-refractivity contribution < 1.29 is 0 Å². The Morgan fingerprint density at radius 1 is 1.44 bits per heavy atom. The van der Waals surface area contributed by atoms with Crippen LogP contribution in [0.3, 0.4) is 0 Å². The van der Waals surface area contributed by atoms with Crippen molar-refractivity contribution in [3.8, 4) is 0 Å². The van der Waals surface area contributed by atoms with Crippen LogP contribution in [0.15, 0.2) is 22.7 Å². The van der Waals surface area contributed by atoms with Gasteiger partial charge < -0.3 is 10.2 Å². The van der Waals surface area contributed by atoms with Gasteiger partial charge in [0.2, 0.25) is 0 Å². The topological polar surface area (TPSA) is 15.3 Å². The Hall–Kier alpha value is -0.540. The molecule has 1 N–H and O–H groups in total. The predicted molar refractivity (Wildman–Crippen MR) is 72.9 cm³/mol. The van der Waals surface area contributed by atoms with Gasteiger partial charge in [-0.1, -0.05) is 15.9 Å². The van der Waals surface area contributed by atoms with Gasteiger partial charge in [0.15, 0.2) is 0 Å². The first-order valence-corrected chi connectivity index (χ1v) is 6.65. The van der Waals surface area contributed by atoms with Crippen LogP contribution in [0.2, 0.25) is 0 Å². The molecule has 0 radical (unpaired) electrons. The molecule has 1 unspecified atom stereocenters. The van der Waals surface area contributed by atoms with E-state index in [1.807, 2.05) is 0 Å². The van der Waals surface area contributed by atoms with E-state index in [0.717, 1.165) is 17.6 Å². The standard InChI is InChI=1S/C13H19BrN2/c1-9(2)16-8-10(3)15-7-11-6-12(14)4-5-13(11)16/h4-6,9-10,15H,7-8H2,1-3H3. The molecule has 1 aromatic rings. The summed E-state index contributed by atoms with van der Waals surface area (Å²) >= 11 is 3.54. The van der Waals surface area contributed by atoms with Crippen LogP contribution < -0.4 is 10.2 Å². The van der Waals surface area contributed by atoms with E-state index in [0.29, 0.717) is 12.1 Å². The number of fused-ring (bicyclic) bond motifs is 1. The Bertz CT molecular complexity index is 376. The third-order valence-corrected chi connectivity index (χ3v) is 3.58. The molecular weight excluding hydrogens is 264 g/mol. The van der Waals surface area contributed by atoms with Gasteiger partial charge in [-0.15, -0.1) is 0 Å². The average molecular weight is 283 g/mol. The third kappa shape index (κ3) is 2.41. The van der Waals surface area contributed by atoms with Gasteiger partial charge in [-0.05, 0) is 44.5 Å². The zero-order chi connectivity index (χ0) is 11.7. The maximum absolute atomic E-state index is 3.55. The number of nitrogens with zero attached hydrogens (tertiary/aromatic N) is 1. The Labute approximate surface area is 106 Å². The van der Waals surface area contributed by atoms with Gasteiger partial charge in [0, 0.05) is 35.3 Å². The molecule has 1 heterocycles. The molecule has 2 nitrogen and oxygen atoms in total. The number of hydrogen-bond donors (Lipinski definition) is 1. The Morgan fingerprint density at radius 3 is 2.88 bits per heavy atom. The molecule has 0 saturated carbocycles. The highest BCUT2D eigenvalue weighted by atomic mass is 79.9. The van der Waals surface area contributed by atoms with Crippen LogP contribution in [0.1, 0.15) is 26.3 Å². The molecule has 0 fully saturated rings. The molecule has 1 aliphatic heterocycles. The number of anilines is 1. The summed E-state index contributed by atoms with van der Waals surface area (Å²) in [6.45, 7) is 8.79. The second-order valence-corrected chi connectivity index (χ2v) is 5.72. The Balaban J connectivity index is 2.41. The smallest absolute Gasteiger partial charge is 0.0415 e. The maximum atomic E-state index is 3.55. The van der Waals surface area contributed by atoms with Gasteiger partial charge in [0.1, 0.15) is 0 Å². The number of halogens is 1. The first-order valence-electron chi connectivity index (χ1n) is 5.86. The van der Waals surface area contributed by atoms with Crippen LogP contribution in [0.5, 0.6) is 0 Å². The summed E-state index contributed by atoms with van der Waals surface area (Å²) in [6, 6.07) is 7.65. The molecule has 0 amide bonds. The summed E-state index contributed by atoms with van der Waals surface area (Å²) in [5.41, 5.74) is 2.75. The van der Waals surface area contributed by atoms with Crippen molar-refractivity contribution >= 4 is 21.6 Å². The van der Waals surface area contributed by atoms with E-state index in [-0.39, 0.29) is 0 Å². The molecule has 0 aliphatic carbocycles. The first kappa shape index (κ1) is 11.9. The van der Waals surface area contributed by atoms with Crippen LogP contribution in [0.4, 0.5) is 5.69 Å². The summed E-state index contributed by atoms with van der Waals surface area (Å²) in [4.78, 5) is 2.48. The monoisotopic (exact) mass is 282 g/mol. The lowest BCUT2D eigenvalue weighted by Gasteiger charge is -2.30. The number of benzene rings is 1. The van der Waals surface area contributed by atoms with Crippen molar-refractivity contribution in [3.05, 3.63) is 28.2 Å². The highest BCUT2D eigenvalue weighted by Crippen LogP contribution is 2.28. The summed E-state index contributed by atoms with van der Waals surface area (Å²) in [5, 5.41) is 3.55. The largest absolute Gasteiger partial charge is 0.367 e. The van der Waals surface area contributed by atoms with Crippen LogP contribution in [-0.2, 0) is 6.54 Å². The lowest BCUT2D eigenvalue weighted by molar-refractivity contribution is 0.536. The minimum absolute atomic E-state index is 0.536. The van der Waals surface area contributed by atoms with Crippen molar-refractivity contribution in [2.24, 2.45) is 0 Å². The number of rotatable bonds is 1. The van der Waals surface area contributed by atoms with E-state index in [2.05, 4.69) is 65.1 Å². The third-order valence-electron chi connectivity index (χ3n) is 3.09. The van der Waals surface area contributed by atoms with Crippen molar-refractivity contribution in [2.45, 2.75) is 39.4 Å². The summed E-state index contributed by atoms with van der Waals surface area (Å²) in [6.07, 6.45) is 0. The fourth-order valence-corrected chi connectivity index (χ4v) is 2.62. The molecule has 1 aliphatic rings. The molecule has 0 bridgehead atoms. The zero-order valence-electron chi connectivity index (χ0n) is 10.1. The SMILES string of the molecule is CC1CN(C(C)C)c2ccc(Br)cc2CN1. The van der Waals surface area contributed by atoms with Crippen molar-refractivity contribution in [3.63, 3.8) is 0 Å².